The molecular formula is C28H47N3O4. The number of alkyl carbamates (subject to hydrolysis) is 1. The zero-order valence-corrected chi connectivity index (χ0v) is 23.4. The van der Waals surface area contributed by atoms with Crippen LogP contribution in [0.4, 0.5) is 4.79 Å². The molecule has 1 rings (SSSR count). The van der Waals surface area contributed by atoms with Crippen molar-refractivity contribution in [2.45, 2.75) is 118 Å². The number of hydrogen-bond acceptors (Lipinski definition) is 4. The first-order valence-electron chi connectivity index (χ1n) is 12.8. The maximum Gasteiger partial charge on any atom is 0.408 e. The lowest BCUT2D eigenvalue weighted by Gasteiger charge is -2.45. The summed E-state index contributed by atoms with van der Waals surface area (Å²) in [6, 6.07) is 7.62. The van der Waals surface area contributed by atoms with Gasteiger partial charge < -0.3 is 20.3 Å². The Morgan fingerprint density at radius 1 is 0.943 bits per heavy atom. The molecular weight excluding hydrogens is 442 g/mol. The van der Waals surface area contributed by atoms with Crippen molar-refractivity contribution >= 4 is 17.9 Å². The summed E-state index contributed by atoms with van der Waals surface area (Å²) in [6.45, 7) is 19.0. The Morgan fingerprint density at radius 3 is 1.97 bits per heavy atom. The summed E-state index contributed by atoms with van der Waals surface area (Å²) in [5, 5.41) is 5.88. The van der Waals surface area contributed by atoms with Gasteiger partial charge in [-0.1, -0.05) is 64.4 Å². The van der Waals surface area contributed by atoms with Crippen LogP contribution in [0.1, 0.15) is 100 Å². The van der Waals surface area contributed by atoms with Gasteiger partial charge in [0.2, 0.25) is 11.8 Å². The van der Waals surface area contributed by atoms with Gasteiger partial charge in [-0.3, -0.25) is 9.59 Å². The summed E-state index contributed by atoms with van der Waals surface area (Å²) in [5.41, 5.74) is -0.631. The number of carbonyl (C=O) groups excluding carboxylic acids is 3. The van der Waals surface area contributed by atoms with E-state index in [1.165, 1.54) is 0 Å². The second kappa shape index (κ2) is 12.9. The molecule has 7 heteroatoms. The van der Waals surface area contributed by atoms with Crippen molar-refractivity contribution < 1.29 is 19.1 Å². The Morgan fingerprint density at radius 2 is 1.51 bits per heavy atom. The zero-order valence-electron chi connectivity index (χ0n) is 23.4. The molecule has 1 aromatic carbocycles. The van der Waals surface area contributed by atoms with Crippen LogP contribution >= 0.6 is 0 Å². The van der Waals surface area contributed by atoms with E-state index in [1.54, 1.807) is 25.7 Å². The van der Waals surface area contributed by atoms with Crippen molar-refractivity contribution in [2.75, 3.05) is 0 Å². The summed E-state index contributed by atoms with van der Waals surface area (Å²) >= 11 is 0. The predicted molar refractivity (Wildman–Crippen MR) is 141 cm³/mol. The highest BCUT2D eigenvalue weighted by atomic mass is 16.6. The second-order valence-electron chi connectivity index (χ2n) is 11.3. The monoisotopic (exact) mass is 489 g/mol. The minimum Gasteiger partial charge on any atom is -0.444 e. The molecule has 0 spiro atoms. The Kier molecular flexibility index (Phi) is 11.3. The molecule has 35 heavy (non-hydrogen) atoms. The molecule has 0 aliphatic rings. The van der Waals surface area contributed by atoms with Gasteiger partial charge >= 0.3 is 6.09 Å². The molecule has 3 atom stereocenters. The number of nitrogens with one attached hydrogen (secondary N) is 2. The zero-order chi connectivity index (χ0) is 27.0. The fourth-order valence-corrected chi connectivity index (χ4v) is 3.92. The van der Waals surface area contributed by atoms with Crippen molar-refractivity contribution in [3.63, 3.8) is 0 Å². The Bertz CT molecular complexity index is 830. The van der Waals surface area contributed by atoms with Crippen molar-refractivity contribution in [3.05, 3.63) is 35.9 Å². The average molecular weight is 490 g/mol. The number of amides is 3. The van der Waals surface area contributed by atoms with Crippen molar-refractivity contribution in [3.8, 4) is 0 Å². The number of nitrogens with zero attached hydrogens (tertiary/aromatic N) is 1. The standard InChI is InChI=1S/C28H47N3O4/c1-11-16-20(5)29-24(32)23(21-17-14-13-15-18-21)31(28(9,10)12-2)25(33)22(19(3)4)30-26(34)35-27(6,7)8/h13-15,17-20,22-23H,11-12,16H2,1-10H3,(H,29,32)(H,30,34). The molecule has 0 saturated heterocycles. The number of rotatable bonds is 11. The third-order valence-corrected chi connectivity index (χ3v) is 6.09. The summed E-state index contributed by atoms with van der Waals surface area (Å²) in [7, 11) is 0. The van der Waals surface area contributed by atoms with Crippen LogP contribution in [0.3, 0.4) is 0 Å². The topological polar surface area (TPSA) is 87.7 Å². The molecule has 0 saturated carbocycles. The van der Waals surface area contributed by atoms with E-state index in [2.05, 4.69) is 17.6 Å². The molecule has 0 bridgehead atoms. The van der Waals surface area contributed by atoms with E-state index >= 15 is 0 Å². The van der Waals surface area contributed by atoms with E-state index in [4.69, 9.17) is 4.74 Å². The molecule has 0 heterocycles. The van der Waals surface area contributed by atoms with Gasteiger partial charge in [0.05, 0.1) is 0 Å². The van der Waals surface area contributed by atoms with Gasteiger partial charge in [-0.25, -0.2) is 4.79 Å². The molecule has 3 unspecified atom stereocenters. The van der Waals surface area contributed by atoms with E-state index in [1.807, 2.05) is 71.9 Å². The molecule has 0 fully saturated rings. The minimum absolute atomic E-state index is 0.0267. The van der Waals surface area contributed by atoms with Crippen LogP contribution < -0.4 is 10.6 Å². The first-order valence-corrected chi connectivity index (χ1v) is 12.8. The van der Waals surface area contributed by atoms with Crippen LogP contribution in [0.15, 0.2) is 30.3 Å². The Labute approximate surface area is 212 Å². The number of carbonyl (C=O) groups is 3. The van der Waals surface area contributed by atoms with E-state index in [0.717, 1.165) is 18.4 Å². The molecule has 7 nitrogen and oxygen atoms in total. The van der Waals surface area contributed by atoms with Gasteiger partial charge in [0.25, 0.3) is 0 Å². The number of ether oxygens (including phenoxy) is 1. The fourth-order valence-electron chi connectivity index (χ4n) is 3.92. The quantitative estimate of drug-likeness (QED) is 0.424. The Hall–Kier alpha value is -2.57. The van der Waals surface area contributed by atoms with Crippen LogP contribution in [0.2, 0.25) is 0 Å². The van der Waals surface area contributed by atoms with Crippen molar-refractivity contribution in [2.24, 2.45) is 5.92 Å². The SMILES string of the molecule is CCCC(C)NC(=O)C(c1ccccc1)N(C(=O)C(NC(=O)OC(C)(C)C)C(C)C)C(C)(C)CC. The van der Waals surface area contributed by atoms with Crippen molar-refractivity contribution in [1.82, 2.24) is 15.5 Å². The third-order valence-electron chi connectivity index (χ3n) is 6.09. The lowest BCUT2D eigenvalue weighted by Crippen LogP contribution is -2.60. The van der Waals surface area contributed by atoms with E-state index in [0.29, 0.717) is 6.42 Å². The molecule has 3 amide bonds. The molecule has 0 aliphatic carbocycles. The van der Waals surface area contributed by atoms with E-state index < -0.39 is 29.3 Å². The smallest absolute Gasteiger partial charge is 0.408 e. The molecule has 1 aromatic rings. The van der Waals surface area contributed by atoms with Gasteiger partial charge in [-0.2, -0.15) is 0 Å². The summed E-state index contributed by atoms with van der Waals surface area (Å²) in [6.07, 6.45) is 1.75. The third kappa shape index (κ3) is 9.19. The molecule has 0 radical (unpaired) electrons. The largest absolute Gasteiger partial charge is 0.444 e. The lowest BCUT2D eigenvalue weighted by atomic mass is 9.90. The normalized spacial score (nSPS) is 14.6. The van der Waals surface area contributed by atoms with Gasteiger partial charge in [-0.15, -0.1) is 0 Å². The molecule has 198 valence electrons. The van der Waals surface area contributed by atoms with Gasteiger partial charge in [0.15, 0.2) is 0 Å². The van der Waals surface area contributed by atoms with Crippen LogP contribution in [0.25, 0.3) is 0 Å². The van der Waals surface area contributed by atoms with Crippen LogP contribution in [0.5, 0.6) is 0 Å². The minimum atomic E-state index is -0.859. The van der Waals surface area contributed by atoms with Crippen LogP contribution in [0, 0.1) is 5.92 Å². The predicted octanol–water partition coefficient (Wildman–Crippen LogP) is 5.60. The van der Waals surface area contributed by atoms with E-state index in [9.17, 15) is 14.4 Å². The first-order chi connectivity index (χ1) is 16.1. The average Bonchev–Trinajstić information content (AvgIpc) is 2.74. The summed E-state index contributed by atoms with van der Waals surface area (Å²) < 4.78 is 5.43. The van der Waals surface area contributed by atoms with E-state index in [-0.39, 0.29) is 23.8 Å². The lowest BCUT2D eigenvalue weighted by molar-refractivity contribution is -0.150. The summed E-state index contributed by atoms with van der Waals surface area (Å²) in [5.74, 6) is -0.764. The highest BCUT2D eigenvalue weighted by molar-refractivity contribution is 5.93. The summed E-state index contributed by atoms with van der Waals surface area (Å²) in [4.78, 5) is 42.2. The van der Waals surface area contributed by atoms with Crippen molar-refractivity contribution in [1.29, 1.82) is 0 Å². The fraction of sp³-hybridized carbons (Fsp3) is 0.679. The maximum absolute atomic E-state index is 14.2. The van der Waals surface area contributed by atoms with Gasteiger partial charge in [0.1, 0.15) is 17.7 Å². The molecule has 2 N–H and O–H groups in total. The second-order valence-corrected chi connectivity index (χ2v) is 11.3. The first kappa shape index (κ1) is 30.5. The van der Waals surface area contributed by atoms with Gasteiger partial charge in [-0.05, 0) is 65.9 Å². The van der Waals surface area contributed by atoms with Gasteiger partial charge in [0, 0.05) is 11.6 Å². The number of hydrogen-bond donors (Lipinski definition) is 2. The maximum atomic E-state index is 14.2. The van der Waals surface area contributed by atoms with Crippen LogP contribution in [-0.4, -0.2) is 46.0 Å². The number of benzene rings is 1. The molecule has 0 aromatic heterocycles. The molecule has 0 aliphatic heterocycles. The highest BCUT2D eigenvalue weighted by Crippen LogP contribution is 2.33. The highest BCUT2D eigenvalue weighted by Gasteiger charge is 2.44. The van der Waals surface area contributed by atoms with Crippen LogP contribution in [-0.2, 0) is 14.3 Å². The Balaban J connectivity index is 3.55.